The number of H-pyrrole nitrogens is 3. The SMILES string of the molecule is Cc1ccc(-c2nc3[nH]c(=O)[nH]c(=O)c3[nH]2)c(C)n1. The molecule has 3 rings (SSSR count). The van der Waals surface area contributed by atoms with E-state index in [-0.39, 0.29) is 11.2 Å². The van der Waals surface area contributed by atoms with Crippen molar-refractivity contribution in [3.05, 3.63) is 44.4 Å². The van der Waals surface area contributed by atoms with Crippen molar-refractivity contribution >= 4 is 11.2 Å². The van der Waals surface area contributed by atoms with Gasteiger partial charge in [0.2, 0.25) is 0 Å². The number of pyridine rings is 1. The van der Waals surface area contributed by atoms with Crippen LogP contribution in [0.4, 0.5) is 0 Å². The Morgan fingerprint density at radius 3 is 2.53 bits per heavy atom. The first-order valence-electron chi connectivity index (χ1n) is 5.71. The summed E-state index contributed by atoms with van der Waals surface area (Å²) in [6.07, 6.45) is 0. The molecule has 0 radical (unpaired) electrons. The van der Waals surface area contributed by atoms with Crippen molar-refractivity contribution in [1.82, 2.24) is 24.9 Å². The molecule has 7 nitrogen and oxygen atoms in total. The van der Waals surface area contributed by atoms with Gasteiger partial charge in [0.1, 0.15) is 11.3 Å². The normalized spacial score (nSPS) is 11.1. The van der Waals surface area contributed by atoms with Gasteiger partial charge in [0.15, 0.2) is 5.65 Å². The fourth-order valence-corrected chi connectivity index (χ4v) is 2.00. The fourth-order valence-electron chi connectivity index (χ4n) is 2.00. The summed E-state index contributed by atoms with van der Waals surface area (Å²) in [6.45, 7) is 3.76. The van der Waals surface area contributed by atoms with E-state index in [1.54, 1.807) is 0 Å². The minimum atomic E-state index is -0.575. The van der Waals surface area contributed by atoms with Crippen LogP contribution in [0.25, 0.3) is 22.6 Å². The zero-order chi connectivity index (χ0) is 13.6. The van der Waals surface area contributed by atoms with Crippen molar-refractivity contribution in [1.29, 1.82) is 0 Å². The molecule has 0 aliphatic rings. The van der Waals surface area contributed by atoms with Crippen LogP contribution >= 0.6 is 0 Å². The van der Waals surface area contributed by atoms with Gasteiger partial charge in [-0.05, 0) is 26.0 Å². The van der Waals surface area contributed by atoms with E-state index in [2.05, 4.69) is 24.9 Å². The molecule has 0 atom stereocenters. The van der Waals surface area contributed by atoms with Crippen LogP contribution in [-0.4, -0.2) is 24.9 Å². The Bertz CT molecular complexity index is 887. The van der Waals surface area contributed by atoms with Crippen molar-refractivity contribution in [2.45, 2.75) is 13.8 Å². The highest BCUT2D eigenvalue weighted by Crippen LogP contribution is 2.20. The van der Waals surface area contributed by atoms with E-state index in [9.17, 15) is 9.59 Å². The smallest absolute Gasteiger partial charge is 0.327 e. The maximum atomic E-state index is 11.6. The van der Waals surface area contributed by atoms with E-state index in [1.807, 2.05) is 26.0 Å². The standard InChI is InChI=1S/C12H11N5O2/c1-5-3-4-7(6(2)13-5)9-14-8-10(15-9)16-12(19)17-11(8)18/h3-4H,1-2H3,(H3,14,15,16,17,18,19). The number of hydrogen-bond donors (Lipinski definition) is 3. The molecule has 0 bridgehead atoms. The van der Waals surface area contributed by atoms with Gasteiger partial charge in [0.25, 0.3) is 5.56 Å². The number of imidazole rings is 1. The molecule has 0 saturated heterocycles. The maximum absolute atomic E-state index is 11.6. The Kier molecular flexibility index (Phi) is 2.34. The third-order valence-electron chi connectivity index (χ3n) is 2.87. The molecular weight excluding hydrogens is 246 g/mol. The predicted octanol–water partition coefficient (Wildman–Crippen LogP) is 0.618. The van der Waals surface area contributed by atoms with E-state index in [1.165, 1.54) is 0 Å². The number of aromatic nitrogens is 5. The first-order valence-corrected chi connectivity index (χ1v) is 5.71. The second-order valence-electron chi connectivity index (χ2n) is 4.30. The number of fused-ring (bicyclic) bond motifs is 1. The lowest BCUT2D eigenvalue weighted by Crippen LogP contribution is -2.21. The van der Waals surface area contributed by atoms with Crippen LogP contribution in [0.5, 0.6) is 0 Å². The summed E-state index contributed by atoms with van der Waals surface area (Å²) in [5, 5.41) is 0. The largest absolute Gasteiger partial charge is 0.332 e. The molecule has 3 heterocycles. The minimum absolute atomic E-state index is 0.240. The summed E-state index contributed by atoms with van der Waals surface area (Å²) in [6, 6.07) is 3.74. The summed E-state index contributed by atoms with van der Waals surface area (Å²) in [5.74, 6) is 0.507. The van der Waals surface area contributed by atoms with Gasteiger partial charge in [-0.1, -0.05) is 0 Å². The van der Waals surface area contributed by atoms with Gasteiger partial charge in [0, 0.05) is 17.0 Å². The quantitative estimate of drug-likeness (QED) is 0.593. The van der Waals surface area contributed by atoms with Crippen LogP contribution in [0.3, 0.4) is 0 Å². The molecule has 19 heavy (non-hydrogen) atoms. The van der Waals surface area contributed by atoms with Crippen molar-refractivity contribution < 1.29 is 0 Å². The Hall–Kier alpha value is -2.70. The molecule has 0 fully saturated rings. The van der Waals surface area contributed by atoms with Crippen molar-refractivity contribution in [3.63, 3.8) is 0 Å². The van der Waals surface area contributed by atoms with Crippen LogP contribution in [0.2, 0.25) is 0 Å². The van der Waals surface area contributed by atoms with E-state index in [0.717, 1.165) is 17.0 Å². The van der Waals surface area contributed by atoms with Gasteiger partial charge < -0.3 is 4.98 Å². The van der Waals surface area contributed by atoms with Gasteiger partial charge in [-0.2, -0.15) is 0 Å². The van der Waals surface area contributed by atoms with E-state index in [4.69, 9.17) is 0 Å². The number of nitrogens with zero attached hydrogens (tertiary/aromatic N) is 2. The van der Waals surface area contributed by atoms with Crippen LogP contribution in [0.1, 0.15) is 11.4 Å². The van der Waals surface area contributed by atoms with Crippen molar-refractivity contribution in [3.8, 4) is 11.4 Å². The molecule has 3 aromatic heterocycles. The average molecular weight is 257 g/mol. The average Bonchev–Trinajstić information content (AvgIpc) is 2.72. The number of aryl methyl sites for hydroxylation is 2. The molecule has 96 valence electrons. The second-order valence-corrected chi connectivity index (χ2v) is 4.30. The summed E-state index contributed by atoms with van der Waals surface area (Å²) >= 11 is 0. The number of aromatic amines is 3. The van der Waals surface area contributed by atoms with Crippen LogP contribution in [0.15, 0.2) is 21.7 Å². The zero-order valence-electron chi connectivity index (χ0n) is 10.4. The summed E-state index contributed by atoms with van der Waals surface area (Å²) < 4.78 is 0. The Morgan fingerprint density at radius 1 is 1.00 bits per heavy atom. The Balaban J connectivity index is 2.29. The van der Waals surface area contributed by atoms with Crippen LogP contribution in [-0.2, 0) is 0 Å². The number of hydrogen-bond acceptors (Lipinski definition) is 4. The molecule has 3 N–H and O–H groups in total. The molecule has 0 aliphatic heterocycles. The van der Waals surface area contributed by atoms with E-state index >= 15 is 0 Å². The van der Waals surface area contributed by atoms with Gasteiger partial charge in [0.05, 0.1) is 0 Å². The van der Waals surface area contributed by atoms with E-state index < -0.39 is 11.2 Å². The number of rotatable bonds is 1. The highest BCUT2D eigenvalue weighted by atomic mass is 16.2. The van der Waals surface area contributed by atoms with Gasteiger partial charge in [-0.15, -0.1) is 0 Å². The first-order chi connectivity index (χ1) is 9.04. The molecule has 0 aromatic carbocycles. The maximum Gasteiger partial charge on any atom is 0.327 e. The van der Waals surface area contributed by atoms with Crippen LogP contribution < -0.4 is 11.2 Å². The predicted molar refractivity (Wildman–Crippen MR) is 70.0 cm³/mol. The molecule has 0 aliphatic carbocycles. The van der Waals surface area contributed by atoms with Crippen LogP contribution in [0, 0.1) is 13.8 Å². The topological polar surface area (TPSA) is 107 Å². The monoisotopic (exact) mass is 257 g/mol. The molecular formula is C12H11N5O2. The highest BCUT2D eigenvalue weighted by molar-refractivity contribution is 5.75. The third-order valence-corrected chi connectivity index (χ3v) is 2.87. The summed E-state index contributed by atoms with van der Waals surface area (Å²) in [5.41, 5.74) is 1.92. The van der Waals surface area contributed by atoms with E-state index in [0.29, 0.717) is 5.82 Å². The van der Waals surface area contributed by atoms with Gasteiger partial charge in [-0.3, -0.25) is 19.7 Å². The molecule has 0 saturated carbocycles. The fraction of sp³-hybridized carbons (Fsp3) is 0.167. The lowest BCUT2D eigenvalue weighted by atomic mass is 10.2. The molecule has 3 aromatic rings. The molecule has 0 spiro atoms. The Morgan fingerprint density at radius 2 is 1.79 bits per heavy atom. The number of nitrogens with one attached hydrogen (secondary N) is 3. The zero-order valence-corrected chi connectivity index (χ0v) is 10.4. The molecule has 0 unspecified atom stereocenters. The van der Waals surface area contributed by atoms with Crippen molar-refractivity contribution in [2.75, 3.05) is 0 Å². The third kappa shape index (κ3) is 1.85. The molecule has 0 amide bonds. The summed E-state index contributed by atoms with van der Waals surface area (Å²) in [4.78, 5) is 38.9. The molecule has 7 heteroatoms. The first kappa shape index (κ1) is 11.4. The van der Waals surface area contributed by atoms with Crippen molar-refractivity contribution in [2.24, 2.45) is 0 Å². The Labute approximate surface area is 106 Å². The minimum Gasteiger partial charge on any atom is -0.332 e. The van der Waals surface area contributed by atoms with Gasteiger partial charge >= 0.3 is 5.69 Å². The lowest BCUT2D eigenvalue weighted by Gasteiger charge is -2.01. The highest BCUT2D eigenvalue weighted by Gasteiger charge is 2.11. The summed E-state index contributed by atoms with van der Waals surface area (Å²) in [7, 11) is 0. The second kappa shape index (κ2) is 3.91. The lowest BCUT2D eigenvalue weighted by molar-refractivity contribution is 1.07. The van der Waals surface area contributed by atoms with Gasteiger partial charge in [-0.25, -0.2) is 9.78 Å².